The van der Waals surface area contributed by atoms with E-state index in [2.05, 4.69) is 5.32 Å². The molecule has 0 aromatic heterocycles. The Morgan fingerprint density at radius 3 is 2.40 bits per heavy atom. The third-order valence-electron chi connectivity index (χ3n) is 3.61. The highest BCUT2D eigenvalue weighted by Gasteiger charge is 2.28. The summed E-state index contributed by atoms with van der Waals surface area (Å²) in [6, 6.07) is 4.71. The van der Waals surface area contributed by atoms with Crippen molar-refractivity contribution in [2.45, 2.75) is 26.8 Å². The maximum absolute atomic E-state index is 12.5. The second-order valence-corrected chi connectivity index (χ2v) is 5.11. The van der Waals surface area contributed by atoms with E-state index < -0.39 is 4.92 Å². The van der Waals surface area contributed by atoms with Crippen molar-refractivity contribution in [1.82, 2.24) is 4.90 Å². The van der Waals surface area contributed by atoms with Crippen LogP contribution in [0.25, 0.3) is 0 Å². The van der Waals surface area contributed by atoms with Gasteiger partial charge >= 0.3 is 5.69 Å². The van der Waals surface area contributed by atoms with E-state index in [1.807, 2.05) is 20.8 Å². The molecule has 0 fully saturated rings. The Morgan fingerprint density at radius 1 is 1.35 bits per heavy atom. The minimum absolute atomic E-state index is 0.000320. The topological polar surface area (TPSA) is 75.5 Å². The smallest absolute Gasteiger partial charge is 0.305 e. The van der Waals surface area contributed by atoms with Crippen LogP contribution in [0.15, 0.2) is 18.2 Å². The Labute approximate surface area is 118 Å². The van der Waals surface area contributed by atoms with Crippen molar-refractivity contribution in [2.24, 2.45) is 5.92 Å². The highest BCUT2D eigenvalue weighted by atomic mass is 16.6. The Bertz CT molecular complexity index is 514. The lowest BCUT2D eigenvalue weighted by atomic mass is 10.0. The molecule has 20 heavy (non-hydrogen) atoms. The second kappa shape index (κ2) is 6.36. The zero-order valence-corrected chi connectivity index (χ0v) is 12.5. The van der Waals surface area contributed by atoms with Crippen LogP contribution >= 0.6 is 0 Å². The molecule has 0 aliphatic carbocycles. The first-order chi connectivity index (χ1) is 9.31. The lowest BCUT2D eigenvalue weighted by molar-refractivity contribution is -0.384. The van der Waals surface area contributed by atoms with Gasteiger partial charge in [-0.25, -0.2) is 0 Å². The number of nitrogens with one attached hydrogen (secondary N) is 1. The van der Waals surface area contributed by atoms with Crippen LogP contribution < -0.4 is 5.32 Å². The number of hydrogen-bond acceptors (Lipinski definition) is 4. The standard InChI is InChI=1S/C14H21N3O3/c1-9(2)10(3)16(5)14(18)11-7-6-8-12(15-4)13(11)17(19)20/h6-10,15H,1-5H3. The number of benzene rings is 1. The zero-order chi connectivity index (χ0) is 15.4. The van der Waals surface area contributed by atoms with Crippen molar-refractivity contribution in [3.63, 3.8) is 0 Å². The average molecular weight is 279 g/mol. The molecule has 1 atom stereocenters. The molecule has 6 heteroatoms. The number of para-hydroxylation sites is 1. The van der Waals surface area contributed by atoms with E-state index in [-0.39, 0.29) is 29.1 Å². The van der Waals surface area contributed by atoms with Crippen LogP contribution in [0.3, 0.4) is 0 Å². The molecule has 1 N–H and O–H groups in total. The first kappa shape index (κ1) is 15.9. The SMILES string of the molecule is CNc1cccc(C(=O)N(C)C(C)C(C)C)c1[N+](=O)[O-]. The predicted octanol–water partition coefficient (Wildman–Crippen LogP) is 2.75. The molecule has 1 aromatic rings. The van der Waals surface area contributed by atoms with Crippen molar-refractivity contribution in [1.29, 1.82) is 0 Å². The highest BCUT2D eigenvalue weighted by Crippen LogP contribution is 2.29. The molecule has 0 radical (unpaired) electrons. The molecule has 0 aliphatic rings. The molecular formula is C14H21N3O3. The van der Waals surface area contributed by atoms with Crippen LogP contribution in [-0.2, 0) is 0 Å². The summed E-state index contributed by atoms with van der Waals surface area (Å²) in [6.45, 7) is 5.94. The summed E-state index contributed by atoms with van der Waals surface area (Å²) in [5, 5.41) is 14.0. The van der Waals surface area contributed by atoms with Crippen LogP contribution in [-0.4, -0.2) is 35.9 Å². The number of nitrogens with zero attached hydrogens (tertiary/aromatic N) is 2. The number of anilines is 1. The summed E-state index contributed by atoms with van der Waals surface area (Å²) in [4.78, 5) is 24.7. The molecule has 110 valence electrons. The zero-order valence-electron chi connectivity index (χ0n) is 12.5. The summed E-state index contributed by atoms with van der Waals surface area (Å²) in [5.41, 5.74) is 0.270. The van der Waals surface area contributed by atoms with E-state index in [0.717, 1.165) is 0 Å². The van der Waals surface area contributed by atoms with Gasteiger partial charge in [0.2, 0.25) is 0 Å². The number of amides is 1. The van der Waals surface area contributed by atoms with Crippen LogP contribution in [0.1, 0.15) is 31.1 Å². The van der Waals surface area contributed by atoms with Crippen LogP contribution in [0, 0.1) is 16.0 Å². The van der Waals surface area contributed by atoms with Crippen molar-refractivity contribution >= 4 is 17.3 Å². The third-order valence-corrected chi connectivity index (χ3v) is 3.61. The lowest BCUT2D eigenvalue weighted by Crippen LogP contribution is -2.38. The fourth-order valence-corrected chi connectivity index (χ4v) is 1.94. The highest BCUT2D eigenvalue weighted by molar-refractivity contribution is 6.00. The Morgan fingerprint density at radius 2 is 1.95 bits per heavy atom. The molecule has 1 aromatic carbocycles. The Kier molecular flexibility index (Phi) is 5.07. The molecule has 0 heterocycles. The largest absolute Gasteiger partial charge is 0.383 e. The number of hydrogen-bond donors (Lipinski definition) is 1. The van der Waals surface area contributed by atoms with E-state index >= 15 is 0 Å². The predicted molar refractivity (Wildman–Crippen MR) is 79.0 cm³/mol. The molecule has 0 saturated carbocycles. The second-order valence-electron chi connectivity index (χ2n) is 5.11. The number of carbonyl (C=O) groups is 1. The van der Waals surface area contributed by atoms with Crippen LogP contribution in [0.5, 0.6) is 0 Å². The summed E-state index contributed by atoms with van der Waals surface area (Å²) in [6.07, 6.45) is 0. The molecule has 0 bridgehead atoms. The molecule has 0 saturated heterocycles. The fraction of sp³-hybridized carbons (Fsp3) is 0.500. The number of nitro benzene ring substituents is 1. The van der Waals surface area contributed by atoms with E-state index in [1.165, 1.54) is 6.07 Å². The number of carbonyl (C=O) groups excluding carboxylic acids is 1. The van der Waals surface area contributed by atoms with Gasteiger partial charge in [-0.15, -0.1) is 0 Å². The molecule has 0 spiro atoms. The maximum atomic E-state index is 12.5. The van der Waals surface area contributed by atoms with Crippen molar-refractivity contribution in [3.8, 4) is 0 Å². The monoisotopic (exact) mass is 279 g/mol. The van der Waals surface area contributed by atoms with Gasteiger partial charge < -0.3 is 10.2 Å². The summed E-state index contributed by atoms with van der Waals surface area (Å²) < 4.78 is 0. The maximum Gasteiger partial charge on any atom is 0.305 e. The fourth-order valence-electron chi connectivity index (χ4n) is 1.94. The van der Waals surface area contributed by atoms with Gasteiger partial charge in [-0.1, -0.05) is 19.9 Å². The van der Waals surface area contributed by atoms with E-state index in [0.29, 0.717) is 5.69 Å². The van der Waals surface area contributed by atoms with Crippen molar-refractivity contribution < 1.29 is 9.72 Å². The first-order valence-electron chi connectivity index (χ1n) is 6.53. The molecule has 6 nitrogen and oxygen atoms in total. The molecule has 1 rings (SSSR count). The summed E-state index contributed by atoms with van der Waals surface area (Å²) in [5.74, 6) is -0.0644. The summed E-state index contributed by atoms with van der Waals surface area (Å²) >= 11 is 0. The quantitative estimate of drug-likeness (QED) is 0.664. The molecular weight excluding hydrogens is 258 g/mol. The molecule has 1 unspecified atom stereocenters. The van der Waals surface area contributed by atoms with Crippen molar-refractivity contribution in [2.75, 3.05) is 19.4 Å². The number of rotatable bonds is 5. The van der Waals surface area contributed by atoms with E-state index in [9.17, 15) is 14.9 Å². The van der Waals surface area contributed by atoms with Gasteiger partial charge in [0.15, 0.2) is 0 Å². The third kappa shape index (κ3) is 3.07. The summed E-state index contributed by atoms with van der Waals surface area (Å²) in [7, 11) is 3.26. The van der Waals surface area contributed by atoms with Crippen molar-refractivity contribution in [3.05, 3.63) is 33.9 Å². The van der Waals surface area contributed by atoms with Gasteiger partial charge in [0.05, 0.1) is 4.92 Å². The first-order valence-corrected chi connectivity index (χ1v) is 6.53. The average Bonchev–Trinajstić information content (AvgIpc) is 2.43. The van der Waals surface area contributed by atoms with Gasteiger partial charge in [-0.2, -0.15) is 0 Å². The van der Waals surface area contributed by atoms with E-state index in [1.54, 1.807) is 31.1 Å². The van der Waals surface area contributed by atoms with Gasteiger partial charge in [-0.05, 0) is 25.0 Å². The van der Waals surface area contributed by atoms with Gasteiger partial charge in [0.1, 0.15) is 11.3 Å². The number of nitro groups is 1. The minimum Gasteiger partial charge on any atom is -0.383 e. The van der Waals surface area contributed by atoms with E-state index in [4.69, 9.17) is 0 Å². The normalized spacial score (nSPS) is 12.1. The van der Waals surface area contributed by atoms with Gasteiger partial charge in [-0.3, -0.25) is 14.9 Å². The Hall–Kier alpha value is -2.11. The molecule has 0 aliphatic heterocycles. The van der Waals surface area contributed by atoms with Gasteiger partial charge in [0.25, 0.3) is 5.91 Å². The molecule has 1 amide bonds. The minimum atomic E-state index is -0.521. The Balaban J connectivity index is 3.26. The van der Waals surface area contributed by atoms with Gasteiger partial charge in [0, 0.05) is 20.1 Å². The van der Waals surface area contributed by atoms with Crippen LogP contribution in [0.4, 0.5) is 11.4 Å². The lowest BCUT2D eigenvalue weighted by Gasteiger charge is -2.28. The van der Waals surface area contributed by atoms with Crippen LogP contribution in [0.2, 0.25) is 0 Å².